The summed E-state index contributed by atoms with van der Waals surface area (Å²) in [6.45, 7) is 6.59. The van der Waals surface area contributed by atoms with E-state index in [2.05, 4.69) is 18.8 Å². The van der Waals surface area contributed by atoms with Crippen molar-refractivity contribution in [1.82, 2.24) is 4.98 Å². The molecule has 0 spiro atoms. The second-order valence-corrected chi connectivity index (χ2v) is 3.07. The summed E-state index contributed by atoms with van der Waals surface area (Å²) in [5.41, 5.74) is 6.36. The van der Waals surface area contributed by atoms with Gasteiger partial charge in [0.2, 0.25) is 0 Å². The zero-order chi connectivity index (χ0) is 9.14. The number of nitrogens with two attached hydrogens (primary N) is 1. The van der Waals surface area contributed by atoms with E-state index in [1.165, 1.54) is 0 Å². The molecule has 0 saturated heterocycles. The Labute approximate surface area is 73.0 Å². The van der Waals surface area contributed by atoms with Crippen molar-refractivity contribution in [3.63, 3.8) is 0 Å². The molecule has 12 heavy (non-hydrogen) atoms. The van der Waals surface area contributed by atoms with Crippen LogP contribution in [-0.4, -0.2) is 4.98 Å². The van der Waals surface area contributed by atoms with Crippen LogP contribution in [-0.2, 0) is 6.54 Å². The monoisotopic (exact) mass is 168 g/mol. The van der Waals surface area contributed by atoms with Crippen molar-refractivity contribution < 1.29 is 4.42 Å². The highest BCUT2D eigenvalue weighted by Crippen LogP contribution is 2.20. The van der Waals surface area contributed by atoms with Crippen molar-refractivity contribution in [3.05, 3.63) is 17.3 Å². The van der Waals surface area contributed by atoms with E-state index in [0.717, 1.165) is 23.8 Å². The van der Waals surface area contributed by atoms with E-state index in [0.29, 0.717) is 12.5 Å². The predicted molar refractivity (Wildman–Crippen MR) is 47.8 cm³/mol. The molecule has 0 aliphatic rings. The van der Waals surface area contributed by atoms with Gasteiger partial charge in [0.1, 0.15) is 5.76 Å². The fourth-order valence-corrected chi connectivity index (χ4v) is 1.03. The third-order valence-corrected chi connectivity index (χ3v) is 2.14. The molecule has 1 heterocycles. The van der Waals surface area contributed by atoms with Gasteiger partial charge in [-0.15, -0.1) is 0 Å². The molecule has 0 aliphatic heterocycles. The van der Waals surface area contributed by atoms with Crippen LogP contribution in [0.1, 0.15) is 43.5 Å². The fourth-order valence-electron chi connectivity index (χ4n) is 1.03. The van der Waals surface area contributed by atoms with Gasteiger partial charge in [0.15, 0.2) is 5.89 Å². The van der Waals surface area contributed by atoms with Crippen LogP contribution in [0, 0.1) is 6.92 Å². The third kappa shape index (κ3) is 1.67. The summed E-state index contributed by atoms with van der Waals surface area (Å²) < 4.78 is 5.47. The molecule has 0 amide bonds. The minimum atomic E-state index is 0.393. The summed E-state index contributed by atoms with van der Waals surface area (Å²) in [7, 11) is 0. The van der Waals surface area contributed by atoms with E-state index < -0.39 is 0 Å². The molecule has 0 aliphatic carbocycles. The molecule has 1 aromatic heterocycles. The second kappa shape index (κ2) is 3.72. The molecule has 0 aromatic carbocycles. The minimum Gasteiger partial charge on any atom is -0.445 e. The van der Waals surface area contributed by atoms with E-state index in [4.69, 9.17) is 10.2 Å². The fraction of sp³-hybridized carbons (Fsp3) is 0.667. The molecular formula is C9H16N2O. The van der Waals surface area contributed by atoms with E-state index in [1.54, 1.807) is 0 Å². The topological polar surface area (TPSA) is 52.0 Å². The van der Waals surface area contributed by atoms with Crippen molar-refractivity contribution in [2.75, 3.05) is 0 Å². The van der Waals surface area contributed by atoms with E-state index >= 15 is 0 Å². The van der Waals surface area contributed by atoms with Crippen LogP contribution >= 0.6 is 0 Å². The maximum atomic E-state index is 5.48. The standard InChI is InChI=1S/C9H16N2O/c1-4-6(2)9-11-8(5-10)7(3)12-9/h6H,4-5,10H2,1-3H3. The van der Waals surface area contributed by atoms with Crippen LogP contribution in [0.3, 0.4) is 0 Å². The number of nitrogens with zero attached hydrogens (tertiary/aromatic N) is 1. The highest BCUT2D eigenvalue weighted by atomic mass is 16.4. The highest BCUT2D eigenvalue weighted by Gasteiger charge is 2.12. The molecule has 68 valence electrons. The van der Waals surface area contributed by atoms with Gasteiger partial charge >= 0.3 is 0 Å². The number of rotatable bonds is 3. The van der Waals surface area contributed by atoms with Crippen molar-refractivity contribution in [2.24, 2.45) is 5.73 Å². The Kier molecular flexibility index (Phi) is 2.87. The van der Waals surface area contributed by atoms with Gasteiger partial charge in [-0.25, -0.2) is 4.98 Å². The summed E-state index contributed by atoms with van der Waals surface area (Å²) in [6, 6.07) is 0. The van der Waals surface area contributed by atoms with E-state index in [-0.39, 0.29) is 0 Å². The van der Waals surface area contributed by atoms with E-state index in [1.807, 2.05) is 6.92 Å². The van der Waals surface area contributed by atoms with Crippen LogP contribution in [0.4, 0.5) is 0 Å². The average molecular weight is 168 g/mol. The molecule has 0 radical (unpaired) electrons. The first-order valence-corrected chi connectivity index (χ1v) is 4.35. The van der Waals surface area contributed by atoms with Gasteiger partial charge in [-0.05, 0) is 13.3 Å². The Morgan fingerprint density at radius 2 is 2.25 bits per heavy atom. The second-order valence-electron chi connectivity index (χ2n) is 3.07. The quantitative estimate of drug-likeness (QED) is 0.750. The Morgan fingerprint density at radius 3 is 2.67 bits per heavy atom. The molecule has 3 nitrogen and oxygen atoms in total. The number of aromatic nitrogens is 1. The van der Waals surface area contributed by atoms with Crippen LogP contribution in [0.2, 0.25) is 0 Å². The van der Waals surface area contributed by atoms with Crippen molar-refractivity contribution in [2.45, 2.75) is 39.7 Å². The molecule has 0 bridgehead atoms. The zero-order valence-electron chi connectivity index (χ0n) is 7.92. The van der Waals surface area contributed by atoms with Crippen LogP contribution in [0.15, 0.2) is 4.42 Å². The summed E-state index contributed by atoms with van der Waals surface area (Å²) in [4.78, 5) is 4.31. The van der Waals surface area contributed by atoms with Gasteiger partial charge < -0.3 is 10.2 Å². The van der Waals surface area contributed by atoms with Crippen molar-refractivity contribution in [3.8, 4) is 0 Å². The first-order valence-electron chi connectivity index (χ1n) is 4.35. The van der Waals surface area contributed by atoms with Crippen molar-refractivity contribution in [1.29, 1.82) is 0 Å². The number of hydrogen-bond donors (Lipinski definition) is 1. The summed E-state index contributed by atoms with van der Waals surface area (Å²) in [5.74, 6) is 2.06. The molecule has 1 unspecified atom stereocenters. The number of aryl methyl sites for hydroxylation is 1. The number of hydrogen-bond acceptors (Lipinski definition) is 3. The molecule has 2 N–H and O–H groups in total. The zero-order valence-corrected chi connectivity index (χ0v) is 7.92. The lowest BCUT2D eigenvalue weighted by Crippen LogP contribution is -1.99. The van der Waals surface area contributed by atoms with Gasteiger partial charge in [-0.1, -0.05) is 13.8 Å². The lowest BCUT2D eigenvalue weighted by atomic mass is 10.1. The molecule has 3 heteroatoms. The average Bonchev–Trinajstić information content (AvgIpc) is 2.45. The lowest BCUT2D eigenvalue weighted by Gasteiger charge is -2.00. The van der Waals surface area contributed by atoms with Gasteiger partial charge in [-0.2, -0.15) is 0 Å². The Balaban J connectivity index is 2.88. The number of oxazole rings is 1. The first-order chi connectivity index (χ1) is 5.69. The Bertz CT molecular complexity index is 255. The molecule has 0 saturated carbocycles. The molecular weight excluding hydrogens is 152 g/mol. The molecule has 1 rings (SSSR count). The smallest absolute Gasteiger partial charge is 0.197 e. The maximum Gasteiger partial charge on any atom is 0.197 e. The summed E-state index contributed by atoms with van der Waals surface area (Å²) in [5, 5.41) is 0. The van der Waals surface area contributed by atoms with Crippen LogP contribution in [0.5, 0.6) is 0 Å². The lowest BCUT2D eigenvalue weighted by molar-refractivity contribution is 0.434. The van der Waals surface area contributed by atoms with Gasteiger partial charge in [0.25, 0.3) is 0 Å². The predicted octanol–water partition coefficient (Wildman–Crippen LogP) is 1.96. The Morgan fingerprint density at radius 1 is 1.58 bits per heavy atom. The van der Waals surface area contributed by atoms with Crippen LogP contribution in [0.25, 0.3) is 0 Å². The Hall–Kier alpha value is -0.830. The minimum absolute atomic E-state index is 0.393. The largest absolute Gasteiger partial charge is 0.445 e. The summed E-state index contributed by atoms with van der Waals surface area (Å²) in [6.07, 6.45) is 1.05. The van der Waals surface area contributed by atoms with Gasteiger partial charge in [-0.3, -0.25) is 0 Å². The molecule has 1 aromatic rings. The van der Waals surface area contributed by atoms with Crippen LogP contribution < -0.4 is 5.73 Å². The van der Waals surface area contributed by atoms with Crippen molar-refractivity contribution >= 4 is 0 Å². The van der Waals surface area contributed by atoms with Gasteiger partial charge in [0, 0.05) is 12.5 Å². The van der Waals surface area contributed by atoms with E-state index in [9.17, 15) is 0 Å². The van der Waals surface area contributed by atoms with Gasteiger partial charge in [0.05, 0.1) is 5.69 Å². The molecule has 1 atom stereocenters. The first kappa shape index (κ1) is 9.26. The third-order valence-electron chi connectivity index (χ3n) is 2.14. The SMILES string of the molecule is CCC(C)c1nc(CN)c(C)o1. The summed E-state index contributed by atoms with van der Waals surface area (Å²) >= 11 is 0. The molecule has 0 fully saturated rings. The maximum absolute atomic E-state index is 5.48. The normalized spacial score (nSPS) is 13.3. The highest BCUT2D eigenvalue weighted by molar-refractivity contribution is 5.09.